The van der Waals surface area contributed by atoms with Crippen LogP contribution in [0.5, 0.6) is 0 Å². The molecule has 2 nitrogen and oxygen atoms in total. The molecule has 1 aliphatic rings. The minimum Gasteiger partial charge on any atom is -0.329 e. The van der Waals surface area contributed by atoms with Gasteiger partial charge in [-0.05, 0) is 22.4 Å². The predicted molar refractivity (Wildman–Crippen MR) is 91.7 cm³/mol. The van der Waals surface area contributed by atoms with Gasteiger partial charge >= 0.3 is 0 Å². The standard InChI is InChI=1S/C16H22N2S2/c1-11-8-18(9-12(2)20-11)15(7-17)14-10-19-16-6-4-3-5-13(14)16/h3-6,10-12,15H,7-9,17H2,1-2H3. The fraction of sp³-hybridized carbons (Fsp3) is 0.500. The molecular weight excluding hydrogens is 284 g/mol. The number of nitrogens with two attached hydrogens (primary N) is 1. The molecule has 2 N–H and O–H groups in total. The second-order valence-corrected chi connectivity index (χ2v) is 8.44. The van der Waals surface area contributed by atoms with Gasteiger partial charge in [0.2, 0.25) is 0 Å². The zero-order chi connectivity index (χ0) is 14.1. The molecule has 3 unspecified atom stereocenters. The van der Waals surface area contributed by atoms with Crippen LogP contribution in [-0.4, -0.2) is 35.0 Å². The summed E-state index contributed by atoms with van der Waals surface area (Å²) < 4.78 is 1.37. The quantitative estimate of drug-likeness (QED) is 0.937. The van der Waals surface area contributed by atoms with Crippen LogP contribution in [0.4, 0.5) is 0 Å². The molecule has 0 bridgehead atoms. The Kier molecular flexibility index (Phi) is 4.36. The summed E-state index contributed by atoms with van der Waals surface area (Å²) in [5, 5.41) is 5.07. The summed E-state index contributed by atoms with van der Waals surface area (Å²) in [5.41, 5.74) is 7.55. The summed E-state index contributed by atoms with van der Waals surface area (Å²) in [5.74, 6) is 0. The third-order valence-corrected chi connectivity index (χ3v) is 6.19. The van der Waals surface area contributed by atoms with Crippen LogP contribution >= 0.6 is 23.1 Å². The van der Waals surface area contributed by atoms with Crippen molar-refractivity contribution < 1.29 is 0 Å². The molecule has 0 spiro atoms. The Balaban J connectivity index is 1.93. The Morgan fingerprint density at radius 2 is 1.95 bits per heavy atom. The van der Waals surface area contributed by atoms with Gasteiger partial charge in [-0.25, -0.2) is 0 Å². The van der Waals surface area contributed by atoms with Gasteiger partial charge in [0.15, 0.2) is 0 Å². The average molecular weight is 306 g/mol. The van der Waals surface area contributed by atoms with E-state index in [9.17, 15) is 0 Å². The van der Waals surface area contributed by atoms with Crippen LogP contribution in [0.25, 0.3) is 10.1 Å². The number of thioether (sulfide) groups is 1. The van der Waals surface area contributed by atoms with Crippen molar-refractivity contribution in [2.45, 2.75) is 30.4 Å². The van der Waals surface area contributed by atoms with E-state index in [1.807, 2.05) is 11.3 Å². The van der Waals surface area contributed by atoms with Crippen LogP contribution in [0, 0.1) is 0 Å². The normalized spacial score (nSPS) is 25.9. The van der Waals surface area contributed by atoms with Crippen molar-refractivity contribution in [1.82, 2.24) is 4.90 Å². The first-order valence-electron chi connectivity index (χ1n) is 7.24. The number of fused-ring (bicyclic) bond motifs is 1. The number of benzene rings is 1. The Labute approximate surface area is 129 Å². The second-order valence-electron chi connectivity index (χ2n) is 5.65. The zero-order valence-corrected chi connectivity index (χ0v) is 13.7. The van der Waals surface area contributed by atoms with Gasteiger partial charge in [0, 0.05) is 40.9 Å². The summed E-state index contributed by atoms with van der Waals surface area (Å²) in [4.78, 5) is 2.58. The lowest BCUT2D eigenvalue weighted by molar-refractivity contribution is 0.201. The molecule has 2 heterocycles. The molecule has 1 aliphatic heterocycles. The smallest absolute Gasteiger partial charge is 0.0485 e. The minimum absolute atomic E-state index is 0.358. The molecule has 2 aromatic rings. The summed E-state index contributed by atoms with van der Waals surface area (Å²) >= 11 is 3.93. The maximum atomic E-state index is 6.13. The lowest BCUT2D eigenvalue weighted by atomic mass is 10.0. The van der Waals surface area contributed by atoms with Gasteiger partial charge in [-0.3, -0.25) is 4.90 Å². The topological polar surface area (TPSA) is 29.3 Å². The third-order valence-electron chi connectivity index (χ3n) is 3.98. The van der Waals surface area contributed by atoms with Crippen molar-refractivity contribution in [3.63, 3.8) is 0 Å². The molecule has 0 radical (unpaired) electrons. The van der Waals surface area contributed by atoms with E-state index in [-0.39, 0.29) is 0 Å². The van der Waals surface area contributed by atoms with E-state index in [1.165, 1.54) is 15.6 Å². The van der Waals surface area contributed by atoms with E-state index >= 15 is 0 Å². The molecule has 0 saturated carbocycles. The fourth-order valence-corrected chi connectivity index (χ4v) is 5.56. The maximum absolute atomic E-state index is 6.13. The number of hydrogen-bond donors (Lipinski definition) is 1. The molecule has 108 valence electrons. The van der Waals surface area contributed by atoms with Gasteiger partial charge in [0.05, 0.1) is 0 Å². The molecule has 3 rings (SSSR count). The van der Waals surface area contributed by atoms with Crippen LogP contribution in [0.2, 0.25) is 0 Å². The van der Waals surface area contributed by atoms with Gasteiger partial charge in [-0.1, -0.05) is 32.0 Å². The number of hydrogen-bond acceptors (Lipinski definition) is 4. The second kappa shape index (κ2) is 6.06. The monoisotopic (exact) mass is 306 g/mol. The molecular formula is C16H22N2S2. The Morgan fingerprint density at radius 1 is 1.25 bits per heavy atom. The van der Waals surface area contributed by atoms with Crippen molar-refractivity contribution in [2.75, 3.05) is 19.6 Å². The summed E-state index contributed by atoms with van der Waals surface area (Å²) in [6.07, 6.45) is 0. The van der Waals surface area contributed by atoms with Crippen molar-refractivity contribution in [3.05, 3.63) is 35.2 Å². The third kappa shape index (κ3) is 2.75. The first kappa shape index (κ1) is 14.4. The zero-order valence-electron chi connectivity index (χ0n) is 12.1. The molecule has 1 fully saturated rings. The SMILES string of the molecule is CC1CN(C(CN)c2csc3ccccc23)CC(C)S1. The van der Waals surface area contributed by atoms with Crippen LogP contribution in [-0.2, 0) is 0 Å². The van der Waals surface area contributed by atoms with Crippen LogP contribution in [0.1, 0.15) is 25.5 Å². The summed E-state index contributed by atoms with van der Waals surface area (Å²) in [6, 6.07) is 9.03. The Hall–Kier alpha value is -0.550. The molecule has 4 heteroatoms. The molecule has 1 aromatic heterocycles. The van der Waals surface area contributed by atoms with Gasteiger partial charge in [0.1, 0.15) is 0 Å². The van der Waals surface area contributed by atoms with Crippen molar-refractivity contribution >= 4 is 33.2 Å². The first-order valence-corrected chi connectivity index (χ1v) is 9.07. The largest absolute Gasteiger partial charge is 0.329 e. The number of rotatable bonds is 3. The molecule has 1 saturated heterocycles. The van der Waals surface area contributed by atoms with Crippen LogP contribution in [0.3, 0.4) is 0 Å². The molecule has 0 amide bonds. The highest BCUT2D eigenvalue weighted by molar-refractivity contribution is 8.00. The van der Waals surface area contributed by atoms with Crippen molar-refractivity contribution in [1.29, 1.82) is 0 Å². The Bertz CT molecular complexity index is 571. The Morgan fingerprint density at radius 3 is 2.65 bits per heavy atom. The van der Waals surface area contributed by atoms with Gasteiger partial charge in [-0.15, -0.1) is 11.3 Å². The molecule has 20 heavy (non-hydrogen) atoms. The highest BCUT2D eigenvalue weighted by atomic mass is 32.2. The molecule has 3 atom stereocenters. The highest BCUT2D eigenvalue weighted by Crippen LogP contribution is 2.36. The van der Waals surface area contributed by atoms with E-state index in [2.05, 4.69) is 60.2 Å². The highest BCUT2D eigenvalue weighted by Gasteiger charge is 2.29. The molecule has 0 aliphatic carbocycles. The summed E-state index contributed by atoms with van der Waals surface area (Å²) in [7, 11) is 0. The van der Waals surface area contributed by atoms with Gasteiger partial charge in [0.25, 0.3) is 0 Å². The first-order chi connectivity index (χ1) is 9.69. The van der Waals surface area contributed by atoms with E-state index in [0.717, 1.165) is 13.1 Å². The van der Waals surface area contributed by atoms with E-state index in [4.69, 9.17) is 5.73 Å². The lowest BCUT2D eigenvalue weighted by Gasteiger charge is -2.39. The van der Waals surface area contributed by atoms with E-state index in [0.29, 0.717) is 23.1 Å². The number of nitrogens with zero attached hydrogens (tertiary/aromatic N) is 1. The van der Waals surface area contributed by atoms with Crippen LogP contribution < -0.4 is 5.73 Å². The maximum Gasteiger partial charge on any atom is 0.0485 e. The average Bonchev–Trinajstić information content (AvgIpc) is 2.83. The van der Waals surface area contributed by atoms with Crippen molar-refractivity contribution in [2.24, 2.45) is 5.73 Å². The fourth-order valence-electron chi connectivity index (χ4n) is 3.20. The minimum atomic E-state index is 0.358. The van der Waals surface area contributed by atoms with E-state index in [1.54, 1.807) is 0 Å². The van der Waals surface area contributed by atoms with Gasteiger partial charge in [-0.2, -0.15) is 11.8 Å². The number of thiophene rings is 1. The lowest BCUT2D eigenvalue weighted by Crippen LogP contribution is -2.44. The predicted octanol–water partition coefficient (Wildman–Crippen LogP) is 3.73. The molecule has 1 aromatic carbocycles. The van der Waals surface area contributed by atoms with E-state index < -0.39 is 0 Å². The van der Waals surface area contributed by atoms with Gasteiger partial charge < -0.3 is 5.73 Å². The summed E-state index contributed by atoms with van der Waals surface area (Å²) in [6.45, 7) is 7.63. The van der Waals surface area contributed by atoms with Crippen molar-refractivity contribution in [3.8, 4) is 0 Å². The van der Waals surface area contributed by atoms with Crippen LogP contribution in [0.15, 0.2) is 29.6 Å².